The minimum absolute atomic E-state index is 0.281. The molecule has 1 aliphatic heterocycles. The van der Waals surface area contributed by atoms with Gasteiger partial charge in [0.15, 0.2) is 10.8 Å². The third-order valence-corrected chi connectivity index (χ3v) is 6.60. The number of carbonyl (C=O) groups is 1. The molecule has 3 aromatic rings. The summed E-state index contributed by atoms with van der Waals surface area (Å²) in [7, 11) is 0. The largest absolute Gasteiger partial charge is 0.378 e. The van der Waals surface area contributed by atoms with Crippen LogP contribution in [0.25, 0.3) is 11.0 Å². The first-order valence-electron chi connectivity index (χ1n) is 10.5. The van der Waals surface area contributed by atoms with Gasteiger partial charge in [0.1, 0.15) is 5.82 Å². The fourth-order valence-corrected chi connectivity index (χ4v) is 4.46. The van der Waals surface area contributed by atoms with Crippen molar-refractivity contribution in [1.82, 2.24) is 25.1 Å². The van der Waals surface area contributed by atoms with E-state index < -0.39 is 0 Å². The quantitative estimate of drug-likeness (QED) is 0.375. The predicted molar refractivity (Wildman–Crippen MR) is 128 cm³/mol. The normalized spacial score (nSPS) is 14.2. The number of amides is 1. The molecule has 4 rings (SSSR count). The second-order valence-electron chi connectivity index (χ2n) is 7.26. The summed E-state index contributed by atoms with van der Waals surface area (Å²) >= 11 is 13.8. The molecule has 1 N–H and O–H groups in total. The molecule has 0 unspecified atom stereocenters. The molecule has 0 radical (unpaired) electrons. The summed E-state index contributed by atoms with van der Waals surface area (Å²) in [5, 5.41) is 9.85. The van der Waals surface area contributed by atoms with Gasteiger partial charge in [-0.3, -0.25) is 4.79 Å². The van der Waals surface area contributed by atoms with Gasteiger partial charge in [-0.25, -0.2) is 14.6 Å². The Morgan fingerprint density at radius 1 is 1.25 bits per heavy atom. The summed E-state index contributed by atoms with van der Waals surface area (Å²) in [6.45, 7) is 5.88. The summed E-state index contributed by atoms with van der Waals surface area (Å²) in [5.74, 6) is 1.55. The maximum absolute atomic E-state index is 12.5. The summed E-state index contributed by atoms with van der Waals surface area (Å²) in [6, 6.07) is 4.82. The number of thioether (sulfide) groups is 1. The zero-order valence-electron chi connectivity index (χ0n) is 17.7. The number of aromatic nitrogens is 4. The number of morpholine rings is 1. The Kier molecular flexibility index (Phi) is 7.72. The molecular formula is C21H24Cl2N6O2S. The van der Waals surface area contributed by atoms with Crippen LogP contribution in [-0.2, 0) is 11.3 Å². The van der Waals surface area contributed by atoms with E-state index in [0.29, 0.717) is 41.9 Å². The molecule has 1 amide bonds. The third-order valence-electron chi connectivity index (χ3n) is 4.98. The number of hydrogen-bond acceptors (Lipinski definition) is 7. The smallest absolute Gasteiger partial charge is 0.252 e. The van der Waals surface area contributed by atoms with E-state index in [1.165, 1.54) is 0 Å². The van der Waals surface area contributed by atoms with Gasteiger partial charge < -0.3 is 15.0 Å². The third kappa shape index (κ3) is 5.28. The maximum Gasteiger partial charge on any atom is 0.252 e. The molecule has 1 saturated heterocycles. The number of ether oxygens (including phenoxy) is 1. The first kappa shape index (κ1) is 23.1. The molecule has 11 heteroatoms. The zero-order chi connectivity index (χ0) is 22.5. The fourth-order valence-electron chi connectivity index (χ4n) is 3.40. The molecule has 1 aliphatic rings. The van der Waals surface area contributed by atoms with Gasteiger partial charge >= 0.3 is 0 Å². The SMILES string of the molecule is CCCSc1nc(N2CCOCC2)c2cnn(CCNC(=O)c3cc(Cl)ccc3Cl)c2n1. The standard InChI is InChI=1S/C21H24Cl2N6O2S/c1-2-11-32-21-26-18(28-7-9-31-10-8-28)16-13-25-29(19(16)27-21)6-5-24-20(30)15-12-14(22)3-4-17(15)23/h3-4,12-13H,2,5-11H2,1H3,(H,24,30). The lowest BCUT2D eigenvalue weighted by molar-refractivity contribution is 0.0952. The Balaban J connectivity index is 1.53. The van der Waals surface area contributed by atoms with E-state index in [1.54, 1.807) is 40.8 Å². The maximum atomic E-state index is 12.5. The van der Waals surface area contributed by atoms with E-state index in [4.69, 9.17) is 37.9 Å². The highest BCUT2D eigenvalue weighted by Gasteiger charge is 2.20. The van der Waals surface area contributed by atoms with Gasteiger partial charge in [0.25, 0.3) is 5.91 Å². The van der Waals surface area contributed by atoms with Crippen molar-refractivity contribution in [2.45, 2.75) is 25.0 Å². The molecule has 32 heavy (non-hydrogen) atoms. The van der Waals surface area contributed by atoms with Crippen LogP contribution in [0.15, 0.2) is 29.6 Å². The van der Waals surface area contributed by atoms with E-state index in [1.807, 2.05) is 0 Å². The minimum Gasteiger partial charge on any atom is -0.378 e. The van der Waals surface area contributed by atoms with Crippen molar-refractivity contribution in [1.29, 1.82) is 0 Å². The zero-order valence-corrected chi connectivity index (χ0v) is 20.0. The molecule has 1 fully saturated rings. The van der Waals surface area contributed by atoms with E-state index in [2.05, 4.69) is 22.2 Å². The van der Waals surface area contributed by atoms with Crippen molar-refractivity contribution in [2.24, 2.45) is 0 Å². The van der Waals surface area contributed by atoms with Crippen LogP contribution in [0.1, 0.15) is 23.7 Å². The van der Waals surface area contributed by atoms with E-state index >= 15 is 0 Å². The van der Waals surface area contributed by atoms with Crippen LogP contribution in [0.3, 0.4) is 0 Å². The van der Waals surface area contributed by atoms with Gasteiger partial charge in [-0.2, -0.15) is 5.10 Å². The van der Waals surface area contributed by atoms with Gasteiger partial charge in [0.2, 0.25) is 0 Å². The minimum atomic E-state index is -0.281. The number of fused-ring (bicyclic) bond motifs is 1. The van der Waals surface area contributed by atoms with E-state index in [9.17, 15) is 4.79 Å². The number of benzene rings is 1. The Labute approximate surface area is 200 Å². The monoisotopic (exact) mass is 494 g/mol. The predicted octanol–water partition coefficient (Wildman–Crippen LogP) is 3.90. The van der Waals surface area contributed by atoms with E-state index in [0.717, 1.165) is 47.3 Å². The van der Waals surface area contributed by atoms with Gasteiger partial charge in [-0.15, -0.1) is 0 Å². The van der Waals surface area contributed by atoms with Gasteiger partial charge in [0.05, 0.1) is 41.9 Å². The Morgan fingerprint density at radius 2 is 2.06 bits per heavy atom. The average molecular weight is 495 g/mol. The highest BCUT2D eigenvalue weighted by atomic mass is 35.5. The van der Waals surface area contributed by atoms with Crippen molar-refractivity contribution in [3.63, 3.8) is 0 Å². The van der Waals surface area contributed by atoms with Crippen molar-refractivity contribution in [2.75, 3.05) is 43.5 Å². The van der Waals surface area contributed by atoms with Crippen molar-refractivity contribution >= 4 is 57.7 Å². The molecule has 0 bridgehead atoms. The molecule has 3 heterocycles. The fraction of sp³-hybridized carbons (Fsp3) is 0.429. The number of nitrogens with zero attached hydrogens (tertiary/aromatic N) is 5. The molecule has 2 aromatic heterocycles. The molecule has 170 valence electrons. The highest BCUT2D eigenvalue weighted by Crippen LogP contribution is 2.28. The highest BCUT2D eigenvalue weighted by molar-refractivity contribution is 7.99. The molecule has 0 spiro atoms. The van der Waals surface area contributed by atoms with Gasteiger partial charge in [-0.05, 0) is 24.6 Å². The first-order chi connectivity index (χ1) is 15.6. The first-order valence-corrected chi connectivity index (χ1v) is 12.2. The topological polar surface area (TPSA) is 85.2 Å². The number of nitrogens with one attached hydrogen (secondary N) is 1. The average Bonchev–Trinajstić information content (AvgIpc) is 3.22. The van der Waals surface area contributed by atoms with Crippen LogP contribution >= 0.6 is 35.0 Å². The lowest BCUT2D eigenvalue weighted by Crippen LogP contribution is -2.37. The molecular weight excluding hydrogens is 471 g/mol. The van der Waals surface area contributed by atoms with E-state index in [-0.39, 0.29) is 5.91 Å². The van der Waals surface area contributed by atoms with Crippen LogP contribution in [0.4, 0.5) is 5.82 Å². The number of carbonyl (C=O) groups excluding carboxylic acids is 1. The van der Waals surface area contributed by atoms with Crippen molar-refractivity contribution < 1.29 is 9.53 Å². The Bertz CT molecular complexity index is 1100. The van der Waals surface area contributed by atoms with Crippen LogP contribution in [-0.4, -0.2) is 64.3 Å². The van der Waals surface area contributed by atoms with Gasteiger partial charge in [0, 0.05) is 30.4 Å². The molecule has 0 saturated carbocycles. The summed E-state index contributed by atoms with van der Waals surface area (Å²) in [4.78, 5) is 24.3. The van der Waals surface area contributed by atoms with Crippen LogP contribution in [0, 0.1) is 0 Å². The number of hydrogen-bond donors (Lipinski definition) is 1. The summed E-state index contributed by atoms with van der Waals surface area (Å²) in [5.41, 5.74) is 1.11. The number of rotatable bonds is 8. The number of anilines is 1. The summed E-state index contributed by atoms with van der Waals surface area (Å²) < 4.78 is 7.29. The lowest BCUT2D eigenvalue weighted by atomic mass is 10.2. The molecule has 8 nitrogen and oxygen atoms in total. The van der Waals surface area contributed by atoms with Crippen molar-refractivity contribution in [3.05, 3.63) is 40.0 Å². The number of halogens is 2. The second-order valence-corrected chi connectivity index (χ2v) is 9.17. The van der Waals surface area contributed by atoms with Crippen LogP contribution in [0.5, 0.6) is 0 Å². The van der Waals surface area contributed by atoms with Gasteiger partial charge in [-0.1, -0.05) is 41.9 Å². The van der Waals surface area contributed by atoms with Crippen molar-refractivity contribution in [3.8, 4) is 0 Å². The molecule has 1 aromatic carbocycles. The Hall–Kier alpha value is -2.07. The molecule has 0 aliphatic carbocycles. The molecule has 0 atom stereocenters. The summed E-state index contributed by atoms with van der Waals surface area (Å²) in [6.07, 6.45) is 2.83. The van der Waals surface area contributed by atoms with Crippen LogP contribution < -0.4 is 10.2 Å². The Morgan fingerprint density at radius 3 is 2.84 bits per heavy atom. The lowest BCUT2D eigenvalue weighted by Gasteiger charge is -2.28. The second kappa shape index (κ2) is 10.7. The van der Waals surface area contributed by atoms with Crippen LogP contribution in [0.2, 0.25) is 10.0 Å².